The molecule has 1 aromatic heterocycles. The number of para-hydroxylation sites is 1. The van der Waals surface area contributed by atoms with Gasteiger partial charge >= 0.3 is 5.97 Å². The maximum Gasteiger partial charge on any atom is 0.338 e. The molecule has 2 aromatic carbocycles. The number of rotatable bonds is 5. The molecule has 1 fully saturated rings. The second-order valence-electron chi connectivity index (χ2n) is 7.63. The fourth-order valence-electron chi connectivity index (χ4n) is 3.69. The molecule has 164 valence electrons. The fraction of sp³-hybridized carbons (Fsp3) is 0.250. The summed E-state index contributed by atoms with van der Waals surface area (Å²) in [7, 11) is 0. The molecule has 2 amide bonds. The second-order valence-corrected chi connectivity index (χ2v) is 8.02. The maximum absolute atomic E-state index is 12.5. The normalized spacial score (nSPS) is 14.2. The van der Waals surface area contributed by atoms with E-state index in [0.717, 1.165) is 11.1 Å². The maximum atomic E-state index is 12.5. The van der Waals surface area contributed by atoms with Crippen LogP contribution in [0.2, 0.25) is 5.15 Å². The number of carbonyl (C=O) groups is 3. The van der Waals surface area contributed by atoms with E-state index < -0.39 is 5.97 Å². The van der Waals surface area contributed by atoms with Crippen LogP contribution in [0.25, 0.3) is 10.9 Å². The molecule has 0 unspecified atom stereocenters. The van der Waals surface area contributed by atoms with E-state index in [0.29, 0.717) is 42.2 Å². The zero-order chi connectivity index (χ0) is 22.5. The van der Waals surface area contributed by atoms with Crippen molar-refractivity contribution in [2.24, 2.45) is 5.92 Å². The molecule has 7 nitrogen and oxygen atoms in total. The van der Waals surface area contributed by atoms with Crippen molar-refractivity contribution in [3.8, 4) is 0 Å². The third-order valence-corrected chi connectivity index (χ3v) is 5.69. The molecule has 1 N–H and O–H groups in total. The first-order chi connectivity index (χ1) is 15.5. The van der Waals surface area contributed by atoms with Gasteiger partial charge in [-0.1, -0.05) is 29.8 Å². The highest BCUT2D eigenvalue weighted by atomic mass is 35.5. The minimum Gasteiger partial charge on any atom is -0.452 e. The van der Waals surface area contributed by atoms with E-state index in [4.69, 9.17) is 16.3 Å². The van der Waals surface area contributed by atoms with Gasteiger partial charge < -0.3 is 15.0 Å². The zero-order valence-corrected chi connectivity index (χ0v) is 18.0. The predicted molar refractivity (Wildman–Crippen MR) is 121 cm³/mol. The zero-order valence-electron chi connectivity index (χ0n) is 17.3. The van der Waals surface area contributed by atoms with E-state index in [1.807, 2.05) is 30.3 Å². The summed E-state index contributed by atoms with van der Waals surface area (Å²) in [5, 5.41) is 4.04. The number of esters is 1. The highest BCUT2D eigenvalue weighted by molar-refractivity contribution is 6.29. The topological polar surface area (TPSA) is 88.6 Å². The number of nitrogens with zero attached hydrogens (tertiary/aromatic N) is 2. The first kappa shape index (κ1) is 21.8. The summed E-state index contributed by atoms with van der Waals surface area (Å²) >= 11 is 5.87. The minimum atomic E-state index is -0.577. The summed E-state index contributed by atoms with van der Waals surface area (Å²) in [5.41, 5.74) is 1.77. The van der Waals surface area contributed by atoms with Crippen LogP contribution in [0.15, 0.2) is 60.7 Å². The van der Waals surface area contributed by atoms with Gasteiger partial charge in [-0.15, -0.1) is 0 Å². The Balaban J connectivity index is 1.25. The number of hydrogen-bond donors (Lipinski definition) is 1. The van der Waals surface area contributed by atoms with Gasteiger partial charge in [-0.2, -0.15) is 0 Å². The van der Waals surface area contributed by atoms with Gasteiger partial charge in [0.2, 0.25) is 5.91 Å². The third-order valence-electron chi connectivity index (χ3n) is 5.48. The number of hydrogen-bond acceptors (Lipinski definition) is 5. The van der Waals surface area contributed by atoms with Gasteiger partial charge in [0.25, 0.3) is 5.91 Å². The molecule has 4 rings (SSSR count). The molecule has 0 saturated carbocycles. The number of fused-ring (bicyclic) bond motifs is 1. The standard InChI is InChI=1S/C24H22ClN3O4/c25-21-9-7-17-14-18(6-8-20(17)27-21)24(31)32-15-22(29)28-12-10-16(11-13-28)23(30)26-19-4-2-1-3-5-19/h1-9,14,16H,10-13,15H2,(H,26,30). The van der Waals surface area contributed by atoms with Crippen LogP contribution in [0.1, 0.15) is 23.2 Å². The number of amides is 2. The molecule has 0 bridgehead atoms. The molecular weight excluding hydrogens is 430 g/mol. The van der Waals surface area contributed by atoms with Gasteiger partial charge in [0.05, 0.1) is 11.1 Å². The number of nitrogens with one attached hydrogen (secondary N) is 1. The Morgan fingerprint density at radius 3 is 2.53 bits per heavy atom. The van der Waals surface area contributed by atoms with Gasteiger partial charge in [0.1, 0.15) is 5.15 Å². The number of halogens is 1. The molecule has 0 atom stereocenters. The molecule has 1 aliphatic rings. The molecule has 1 aliphatic heterocycles. The van der Waals surface area contributed by atoms with Crippen molar-refractivity contribution in [3.63, 3.8) is 0 Å². The number of benzene rings is 2. The number of anilines is 1. The summed E-state index contributed by atoms with van der Waals surface area (Å²) in [6.45, 7) is 0.563. The van der Waals surface area contributed by atoms with E-state index in [1.54, 1.807) is 35.2 Å². The van der Waals surface area contributed by atoms with Crippen LogP contribution in [0.5, 0.6) is 0 Å². The monoisotopic (exact) mass is 451 g/mol. The Labute approximate surface area is 190 Å². The van der Waals surface area contributed by atoms with Crippen molar-refractivity contribution in [3.05, 3.63) is 71.4 Å². The van der Waals surface area contributed by atoms with E-state index in [1.165, 1.54) is 0 Å². The first-order valence-corrected chi connectivity index (χ1v) is 10.7. The van der Waals surface area contributed by atoms with E-state index >= 15 is 0 Å². The number of likely N-dealkylation sites (tertiary alicyclic amines) is 1. The van der Waals surface area contributed by atoms with E-state index in [-0.39, 0.29) is 24.3 Å². The Kier molecular flexibility index (Phi) is 6.66. The number of pyridine rings is 1. The second kappa shape index (κ2) is 9.78. The lowest BCUT2D eigenvalue weighted by Crippen LogP contribution is -2.43. The lowest BCUT2D eigenvalue weighted by molar-refractivity contribution is -0.137. The molecule has 0 radical (unpaired) electrons. The molecule has 32 heavy (non-hydrogen) atoms. The van der Waals surface area contributed by atoms with Gasteiger partial charge in [-0.05, 0) is 55.3 Å². The van der Waals surface area contributed by atoms with Crippen LogP contribution in [0.4, 0.5) is 5.69 Å². The number of aromatic nitrogens is 1. The van der Waals surface area contributed by atoms with Crippen LogP contribution in [0.3, 0.4) is 0 Å². The number of carbonyl (C=O) groups excluding carboxylic acids is 3. The van der Waals surface area contributed by atoms with Gasteiger partial charge in [-0.3, -0.25) is 9.59 Å². The third kappa shape index (κ3) is 5.23. The summed E-state index contributed by atoms with van der Waals surface area (Å²) < 4.78 is 5.21. The molecule has 0 aliphatic carbocycles. The van der Waals surface area contributed by atoms with Crippen molar-refractivity contribution < 1.29 is 19.1 Å². The minimum absolute atomic E-state index is 0.0400. The van der Waals surface area contributed by atoms with Crippen molar-refractivity contribution in [1.29, 1.82) is 0 Å². The largest absolute Gasteiger partial charge is 0.452 e. The van der Waals surface area contributed by atoms with Crippen LogP contribution in [-0.2, 0) is 14.3 Å². The number of ether oxygens (including phenoxy) is 1. The average molecular weight is 452 g/mol. The van der Waals surface area contributed by atoms with Crippen molar-refractivity contribution in [2.45, 2.75) is 12.8 Å². The smallest absolute Gasteiger partial charge is 0.338 e. The molecule has 3 aromatic rings. The quantitative estimate of drug-likeness (QED) is 0.469. The molecule has 1 saturated heterocycles. The SMILES string of the molecule is O=C(OCC(=O)N1CCC(C(=O)Nc2ccccc2)CC1)c1ccc2nc(Cl)ccc2c1. The van der Waals surface area contributed by atoms with Crippen LogP contribution >= 0.6 is 11.6 Å². The Morgan fingerprint density at radius 2 is 1.78 bits per heavy atom. The van der Waals surface area contributed by atoms with E-state index in [9.17, 15) is 14.4 Å². The van der Waals surface area contributed by atoms with Crippen molar-refractivity contribution in [2.75, 3.05) is 25.0 Å². The summed E-state index contributed by atoms with van der Waals surface area (Å²) in [5.74, 6) is -1.04. The highest BCUT2D eigenvalue weighted by Crippen LogP contribution is 2.20. The Bertz CT molecular complexity index is 1140. The Morgan fingerprint density at radius 1 is 1.03 bits per heavy atom. The fourth-order valence-corrected chi connectivity index (χ4v) is 3.84. The van der Waals surface area contributed by atoms with Gasteiger partial charge in [0, 0.05) is 30.1 Å². The molecular formula is C24H22ClN3O4. The first-order valence-electron chi connectivity index (χ1n) is 10.4. The summed E-state index contributed by atoms with van der Waals surface area (Å²) in [6, 6.07) is 17.6. The summed E-state index contributed by atoms with van der Waals surface area (Å²) in [4.78, 5) is 43.1. The summed E-state index contributed by atoms with van der Waals surface area (Å²) in [6.07, 6.45) is 1.14. The molecule has 2 heterocycles. The van der Waals surface area contributed by atoms with Gasteiger partial charge in [0.15, 0.2) is 6.61 Å². The lowest BCUT2D eigenvalue weighted by atomic mass is 9.95. The van der Waals surface area contributed by atoms with Gasteiger partial charge in [-0.25, -0.2) is 9.78 Å². The molecule has 0 spiro atoms. The number of piperidine rings is 1. The van der Waals surface area contributed by atoms with Crippen molar-refractivity contribution in [1.82, 2.24) is 9.88 Å². The average Bonchev–Trinajstić information content (AvgIpc) is 2.82. The van der Waals surface area contributed by atoms with Crippen LogP contribution in [-0.4, -0.2) is 47.4 Å². The van der Waals surface area contributed by atoms with Crippen LogP contribution in [0, 0.1) is 5.92 Å². The van der Waals surface area contributed by atoms with E-state index in [2.05, 4.69) is 10.3 Å². The highest BCUT2D eigenvalue weighted by Gasteiger charge is 2.28. The lowest BCUT2D eigenvalue weighted by Gasteiger charge is -2.31. The predicted octanol–water partition coefficient (Wildman–Crippen LogP) is 3.92. The molecule has 8 heteroatoms. The van der Waals surface area contributed by atoms with Crippen LogP contribution < -0.4 is 5.32 Å². The Hall–Kier alpha value is -3.45. The van der Waals surface area contributed by atoms with Crippen molar-refractivity contribution >= 4 is 46.0 Å².